The van der Waals surface area contributed by atoms with E-state index in [4.69, 9.17) is 21.1 Å². The molecular formula is C16H24ClNO3. The molecule has 1 amide bonds. The lowest BCUT2D eigenvalue weighted by Gasteiger charge is -2.28. The van der Waals surface area contributed by atoms with Gasteiger partial charge in [-0.15, -0.1) is 0 Å². The summed E-state index contributed by atoms with van der Waals surface area (Å²) in [5.74, 6) is 0.423. The van der Waals surface area contributed by atoms with Crippen LogP contribution < -0.4 is 10.1 Å². The molecule has 0 spiro atoms. The number of amides is 1. The molecule has 1 rings (SSSR count). The lowest BCUT2D eigenvalue weighted by Crippen LogP contribution is -2.43. The quantitative estimate of drug-likeness (QED) is 0.779. The normalized spacial score (nSPS) is 13.6. The summed E-state index contributed by atoms with van der Waals surface area (Å²) in [4.78, 5) is 12.5. The highest BCUT2D eigenvalue weighted by atomic mass is 35.5. The van der Waals surface area contributed by atoms with Gasteiger partial charge in [-0.25, -0.2) is 0 Å². The molecule has 0 aliphatic rings. The molecule has 0 saturated carbocycles. The van der Waals surface area contributed by atoms with E-state index in [1.54, 1.807) is 25.3 Å². The summed E-state index contributed by atoms with van der Waals surface area (Å²) >= 11 is 6.06. The topological polar surface area (TPSA) is 47.6 Å². The fourth-order valence-electron chi connectivity index (χ4n) is 2.06. The van der Waals surface area contributed by atoms with Gasteiger partial charge in [0.15, 0.2) is 0 Å². The summed E-state index contributed by atoms with van der Waals surface area (Å²) in [6, 6.07) is 5.15. The zero-order chi connectivity index (χ0) is 15.9. The highest BCUT2D eigenvalue weighted by Crippen LogP contribution is 2.28. The van der Waals surface area contributed by atoms with E-state index in [0.717, 1.165) is 12.8 Å². The number of anilines is 1. The fraction of sp³-hybridized carbons (Fsp3) is 0.562. The number of carbonyl (C=O) groups is 1. The van der Waals surface area contributed by atoms with Crippen molar-refractivity contribution in [3.05, 3.63) is 23.2 Å². The Morgan fingerprint density at radius 1 is 1.33 bits per heavy atom. The van der Waals surface area contributed by atoms with Crippen molar-refractivity contribution < 1.29 is 14.3 Å². The van der Waals surface area contributed by atoms with E-state index < -0.39 is 5.60 Å². The van der Waals surface area contributed by atoms with Crippen molar-refractivity contribution >= 4 is 23.2 Å². The number of halogens is 1. The molecule has 21 heavy (non-hydrogen) atoms. The van der Waals surface area contributed by atoms with Crippen LogP contribution in [0.15, 0.2) is 18.2 Å². The van der Waals surface area contributed by atoms with Crippen LogP contribution in [0.2, 0.25) is 5.02 Å². The second-order valence-electron chi connectivity index (χ2n) is 5.13. The number of benzene rings is 1. The zero-order valence-corrected chi connectivity index (χ0v) is 13.9. The molecule has 1 aromatic carbocycles. The third-order valence-corrected chi connectivity index (χ3v) is 3.54. The van der Waals surface area contributed by atoms with Crippen LogP contribution in [-0.2, 0) is 9.53 Å². The molecule has 1 atom stereocenters. The van der Waals surface area contributed by atoms with Gasteiger partial charge in [0, 0.05) is 12.3 Å². The van der Waals surface area contributed by atoms with Gasteiger partial charge in [-0.3, -0.25) is 4.79 Å². The first-order valence-electron chi connectivity index (χ1n) is 7.25. The first-order valence-corrected chi connectivity index (χ1v) is 7.63. The van der Waals surface area contributed by atoms with Crippen molar-refractivity contribution in [1.29, 1.82) is 0 Å². The van der Waals surface area contributed by atoms with Gasteiger partial charge in [-0.1, -0.05) is 31.9 Å². The lowest BCUT2D eigenvalue weighted by molar-refractivity contribution is -0.140. The van der Waals surface area contributed by atoms with E-state index >= 15 is 0 Å². The predicted octanol–water partition coefficient (Wildman–Crippen LogP) is 4.27. The fourth-order valence-corrected chi connectivity index (χ4v) is 2.32. The van der Waals surface area contributed by atoms with E-state index in [1.807, 2.05) is 20.8 Å². The molecule has 0 bridgehead atoms. The molecule has 5 heteroatoms. The maximum atomic E-state index is 12.5. The van der Waals surface area contributed by atoms with E-state index in [2.05, 4.69) is 5.32 Å². The van der Waals surface area contributed by atoms with Gasteiger partial charge in [0.2, 0.25) is 0 Å². The summed E-state index contributed by atoms with van der Waals surface area (Å²) in [7, 11) is 1.55. The standard InChI is InChI=1S/C16H24ClNO3/c1-5-9-16(3,21-10-6-2)15(19)18-12-7-8-14(20-4)13(17)11-12/h7-8,11H,5-6,9-10H2,1-4H3,(H,18,19)/t16-/m1/s1. The van der Waals surface area contributed by atoms with Crippen LogP contribution in [0.4, 0.5) is 5.69 Å². The van der Waals surface area contributed by atoms with Crippen LogP contribution in [0.1, 0.15) is 40.0 Å². The smallest absolute Gasteiger partial charge is 0.256 e. The minimum absolute atomic E-state index is 0.154. The molecule has 0 heterocycles. The SMILES string of the molecule is CCCO[C@](C)(CCC)C(=O)Nc1ccc(OC)c(Cl)c1. The maximum Gasteiger partial charge on any atom is 0.256 e. The molecule has 1 N–H and O–H groups in total. The van der Waals surface area contributed by atoms with Crippen molar-refractivity contribution in [2.45, 2.75) is 45.6 Å². The molecule has 1 aromatic rings. The van der Waals surface area contributed by atoms with Crippen LogP contribution >= 0.6 is 11.6 Å². The average Bonchev–Trinajstić information content (AvgIpc) is 2.45. The summed E-state index contributed by atoms with van der Waals surface area (Å²) < 4.78 is 10.9. The molecule has 0 radical (unpaired) electrons. The Hall–Kier alpha value is -1.26. The minimum atomic E-state index is -0.822. The number of carbonyl (C=O) groups excluding carboxylic acids is 1. The summed E-state index contributed by atoms with van der Waals surface area (Å²) in [5, 5.41) is 3.32. The highest BCUT2D eigenvalue weighted by molar-refractivity contribution is 6.32. The first kappa shape index (κ1) is 17.8. The van der Waals surface area contributed by atoms with Gasteiger partial charge in [-0.2, -0.15) is 0 Å². The Labute approximate surface area is 131 Å². The number of ether oxygens (including phenoxy) is 2. The van der Waals surface area contributed by atoms with Gasteiger partial charge < -0.3 is 14.8 Å². The second-order valence-corrected chi connectivity index (χ2v) is 5.54. The van der Waals surface area contributed by atoms with Crippen LogP contribution in [0.25, 0.3) is 0 Å². The molecule has 4 nitrogen and oxygen atoms in total. The Balaban J connectivity index is 2.83. The molecule has 0 aliphatic carbocycles. The molecule has 0 aromatic heterocycles. The van der Waals surface area contributed by atoms with Gasteiger partial charge >= 0.3 is 0 Å². The van der Waals surface area contributed by atoms with Crippen molar-refractivity contribution in [1.82, 2.24) is 0 Å². The van der Waals surface area contributed by atoms with Crippen LogP contribution in [0.3, 0.4) is 0 Å². The van der Waals surface area contributed by atoms with E-state index in [1.165, 1.54) is 0 Å². The van der Waals surface area contributed by atoms with E-state index in [9.17, 15) is 4.79 Å². The third kappa shape index (κ3) is 4.90. The van der Waals surface area contributed by atoms with Gasteiger partial charge in [0.05, 0.1) is 12.1 Å². The Morgan fingerprint density at radius 3 is 2.57 bits per heavy atom. The summed E-state index contributed by atoms with van der Waals surface area (Å²) in [6.07, 6.45) is 2.42. The first-order chi connectivity index (χ1) is 9.96. The molecule has 0 saturated heterocycles. The van der Waals surface area contributed by atoms with E-state index in [0.29, 0.717) is 29.5 Å². The Morgan fingerprint density at radius 2 is 2.05 bits per heavy atom. The molecular weight excluding hydrogens is 290 g/mol. The molecule has 118 valence electrons. The van der Waals surface area contributed by atoms with Gasteiger partial charge in [-0.05, 0) is 38.0 Å². The number of hydrogen-bond acceptors (Lipinski definition) is 3. The highest BCUT2D eigenvalue weighted by Gasteiger charge is 2.33. The van der Waals surface area contributed by atoms with Crippen molar-refractivity contribution in [2.24, 2.45) is 0 Å². The zero-order valence-electron chi connectivity index (χ0n) is 13.2. The number of rotatable bonds is 8. The average molecular weight is 314 g/mol. The third-order valence-electron chi connectivity index (χ3n) is 3.24. The van der Waals surface area contributed by atoms with Crippen LogP contribution in [-0.4, -0.2) is 25.2 Å². The number of hydrogen-bond donors (Lipinski definition) is 1. The van der Waals surface area contributed by atoms with Crippen molar-refractivity contribution in [3.63, 3.8) is 0 Å². The second kappa shape index (κ2) is 8.25. The monoisotopic (exact) mass is 313 g/mol. The molecule has 0 unspecified atom stereocenters. The van der Waals surface area contributed by atoms with Gasteiger partial charge in [0.25, 0.3) is 5.91 Å². The summed E-state index contributed by atoms with van der Waals surface area (Å²) in [5.41, 5.74) is -0.190. The Kier molecular flexibility index (Phi) is 6.99. The van der Waals surface area contributed by atoms with Crippen molar-refractivity contribution in [3.8, 4) is 5.75 Å². The largest absolute Gasteiger partial charge is 0.495 e. The van der Waals surface area contributed by atoms with Crippen LogP contribution in [0, 0.1) is 0 Å². The maximum absolute atomic E-state index is 12.5. The number of methoxy groups -OCH3 is 1. The molecule has 0 fully saturated rings. The van der Waals surface area contributed by atoms with Crippen LogP contribution in [0.5, 0.6) is 5.75 Å². The lowest BCUT2D eigenvalue weighted by atomic mass is 9.99. The van der Waals surface area contributed by atoms with Crippen molar-refractivity contribution in [2.75, 3.05) is 19.0 Å². The molecule has 0 aliphatic heterocycles. The van der Waals surface area contributed by atoms with E-state index in [-0.39, 0.29) is 5.91 Å². The van der Waals surface area contributed by atoms with Gasteiger partial charge in [0.1, 0.15) is 11.4 Å². The summed E-state index contributed by atoms with van der Waals surface area (Å²) in [6.45, 7) is 6.44. The minimum Gasteiger partial charge on any atom is -0.495 e. The number of nitrogens with one attached hydrogen (secondary N) is 1. The Bertz CT molecular complexity index is 479. The predicted molar refractivity (Wildman–Crippen MR) is 86.2 cm³/mol.